The van der Waals surface area contributed by atoms with Gasteiger partial charge in [0.2, 0.25) is 5.91 Å². The topological polar surface area (TPSA) is 73.9 Å². The van der Waals surface area contributed by atoms with Crippen LogP contribution in [0.5, 0.6) is 0 Å². The van der Waals surface area contributed by atoms with E-state index in [1.165, 1.54) is 0 Å². The van der Waals surface area contributed by atoms with E-state index in [0.717, 1.165) is 12.7 Å². The van der Waals surface area contributed by atoms with Gasteiger partial charge in [0.15, 0.2) is 0 Å². The molecule has 0 atom stereocenters. The van der Waals surface area contributed by atoms with E-state index in [1.54, 1.807) is 0 Å². The first-order chi connectivity index (χ1) is 9.31. The highest BCUT2D eigenvalue weighted by atomic mass is 16.5. The van der Waals surface area contributed by atoms with Crippen LogP contribution in [-0.2, 0) is 23.8 Å². The molecule has 1 amide bonds. The van der Waals surface area contributed by atoms with Gasteiger partial charge in [0.05, 0.1) is 39.6 Å². The number of carbonyl (C=O) groups is 2. The van der Waals surface area contributed by atoms with Crippen LogP contribution in [0, 0.1) is 0 Å². The fraction of sp³-hybridized carbons (Fsp3) is 0.846. The second-order valence-corrected chi connectivity index (χ2v) is 3.89. The number of nitrogens with one attached hydrogen (secondary N) is 1. The quantitative estimate of drug-likeness (QED) is 0.370. The summed E-state index contributed by atoms with van der Waals surface area (Å²) in [6.45, 7) is 5.42. The van der Waals surface area contributed by atoms with Gasteiger partial charge in [-0.15, -0.1) is 0 Å². The molecular formula is C13H25NO5. The maximum absolute atomic E-state index is 11.1. The molecule has 19 heavy (non-hydrogen) atoms. The molecule has 0 bridgehead atoms. The number of hydrogen-bond donors (Lipinski definition) is 1. The van der Waals surface area contributed by atoms with Gasteiger partial charge in [0, 0.05) is 19.4 Å². The predicted octanol–water partition coefficient (Wildman–Crippen LogP) is 0.542. The standard InChI is InChI=1S/C13H25NO5/c1-2-4-13(16)14-5-8-18-10-12-19-11-9-17-7-3-6-15/h6H,2-5,7-12H2,1H3,(H,14,16). The number of aldehydes is 1. The minimum atomic E-state index is 0.0647. The predicted molar refractivity (Wildman–Crippen MR) is 71.1 cm³/mol. The van der Waals surface area contributed by atoms with Crippen molar-refractivity contribution in [2.45, 2.75) is 26.2 Å². The Labute approximate surface area is 114 Å². The molecule has 0 aliphatic heterocycles. The third kappa shape index (κ3) is 15.0. The monoisotopic (exact) mass is 275 g/mol. The molecular weight excluding hydrogens is 250 g/mol. The highest BCUT2D eigenvalue weighted by Crippen LogP contribution is 1.85. The van der Waals surface area contributed by atoms with Crippen molar-refractivity contribution in [2.75, 3.05) is 46.2 Å². The molecule has 0 saturated heterocycles. The van der Waals surface area contributed by atoms with E-state index in [2.05, 4.69) is 5.32 Å². The zero-order chi connectivity index (χ0) is 14.2. The Bertz CT molecular complexity index is 223. The molecule has 0 aromatic rings. The summed E-state index contributed by atoms with van der Waals surface area (Å²) in [4.78, 5) is 21.1. The molecule has 0 saturated carbocycles. The Balaban J connectivity index is 3.02. The van der Waals surface area contributed by atoms with E-state index >= 15 is 0 Å². The molecule has 0 fully saturated rings. The summed E-state index contributed by atoms with van der Waals surface area (Å²) in [5.74, 6) is 0.0647. The summed E-state index contributed by atoms with van der Waals surface area (Å²) in [6.07, 6.45) is 2.67. The van der Waals surface area contributed by atoms with E-state index < -0.39 is 0 Å². The number of ether oxygens (including phenoxy) is 3. The zero-order valence-corrected chi connectivity index (χ0v) is 11.7. The molecule has 0 aliphatic carbocycles. The summed E-state index contributed by atoms with van der Waals surface area (Å²) in [5, 5.41) is 2.76. The molecule has 6 nitrogen and oxygen atoms in total. The summed E-state index contributed by atoms with van der Waals surface area (Å²) in [7, 11) is 0. The summed E-state index contributed by atoms with van der Waals surface area (Å²) in [5.41, 5.74) is 0. The Morgan fingerprint density at radius 1 is 1.00 bits per heavy atom. The van der Waals surface area contributed by atoms with Gasteiger partial charge < -0.3 is 24.3 Å². The van der Waals surface area contributed by atoms with Crippen LogP contribution in [0.2, 0.25) is 0 Å². The van der Waals surface area contributed by atoms with Crippen LogP contribution in [-0.4, -0.2) is 58.4 Å². The Kier molecular flexibility index (Phi) is 14.3. The maximum Gasteiger partial charge on any atom is 0.220 e. The number of rotatable bonds is 14. The number of carbonyl (C=O) groups excluding carboxylic acids is 2. The van der Waals surface area contributed by atoms with Gasteiger partial charge in [-0.25, -0.2) is 0 Å². The second kappa shape index (κ2) is 15.1. The average Bonchev–Trinajstić information content (AvgIpc) is 2.40. The van der Waals surface area contributed by atoms with Gasteiger partial charge in [-0.05, 0) is 6.42 Å². The van der Waals surface area contributed by atoms with E-state index in [-0.39, 0.29) is 5.91 Å². The van der Waals surface area contributed by atoms with Crippen LogP contribution in [0.1, 0.15) is 26.2 Å². The molecule has 0 unspecified atom stereocenters. The molecule has 0 spiro atoms. The van der Waals surface area contributed by atoms with Gasteiger partial charge in [0.1, 0.15) is 6.29 Å². The van der Waals surface area contributed by atoms with Crippen LogP contribution in [0.3, 0.4) is 0 Å². The molecule has 0 aromatic carbocycles. The van der Waals surface area contributed by atoms with Crippen molar-refractivity contribution < 1.29 is 23.8 Å². The highest BCUT2D eigenvalue weighted by molar-refractivity contribution is 5.75. The lowest BCUT2D eigenvalue weighted by Crippen LogP contribution is -2.27. The first-order valence-corrected chi connectivity index (χ1v) is 6.74. The molecule has 1 N–H and O–H groups in total. The Morgan fingerprint density at radius 2 is 1.58 bits per heavy atom. The van der Waals surface area contributed by atoms with Crippen molar-refractivity contribution in [3.63, 3.8) is 0 Å². The average molecular weight is 275 g/mol. The fourth-order valence-electron chi connectivity index (χ4n) is 1.25. The van der Waals surface area contributed by atoms with Gasteiger partial charge in [-0.3, -0.25) is 4.79 Å². The van der Waals surface area contributed by atoms with Gasteiger partial charge in [-0.1, -0.05) is 6.92 Å². The lowest BCUT2D eigenvalue weighted by Gasteiger charge is -2.07. The maximum atomic E-state index is 11.1. The smallest absolute Gasteiger partial charge is 0.220 e. The van der Waals surface area contributed by atoms with Crippen molar-refractivity contribution in [1.29, 1.82) is 0 Å². The van der Waals surface area contributed by atoms with Gasteiger partial charge >= 0.3 is 0 Å². The molecule has 0 aromatic heterocycles. The minimum absolute atomic E-state index is 0.0647. The van der Waals surface area contributed by atoms with Crippen molar-refractivity contribution >= 4 is 12.2 Å². The van der Waals surface area contributed by atoms with Crippen molar-refractivity contribution in [2.24, 2.45) is 0 Å². The molecule has 112 valence electrons. The van der Waals surface area contributed by atoms with Crippen LogP contribution in [0.25, 0.3) is 0 Å². The lowest BCUT2D eigenvalue weighted by atomic mass is 10.3. The highest BCUT2D eigenvalue weighted by Gasteiger charge is 1.97. The second-order valence-electron chi connectivity index (χ2n) is 3.89. The Hall–Kier alpha value is -0.980. The molecule has 6 heteroatoms. The fourth-order valence-corrected chi connectivity index (χ4v) is 1.25. The zero-order valence-electron chi connectivity index (χ0n) is 11.7. The normalized spacial score (nSPS) is 10.4. The minimum Gasteiger partial charge on any atom is -0.379 e. The number of hydrogen-bond acceptors (Lipinski definition) is 5. The summed E-state index contributed by atoms with van der Waals surface area (Å²) in [6, 6.07) is 0. The third-order valence-corrected chi connectivity index (χ3v) is 2.17. The van der Waals surface area contributed by atoms with Gasteiger partial charge in [0.25, 0.3) is 0 Å². The molecule has 0 radical (unpaired) electrons. The van der Waals surface area contributed by atoms with Crippen molar-refractivity contribution in [3.8, 4) is 0 Å². The third-order valence-electron chi connectivity index (χ3n) is 2.17. The largest absolute Gasteiger partial charge is 0.379 e. The lowest BCUT2D eigenvalue weighted by molar-refractivity contribution is -0.121. The summed E-state index contributed by atoms with van der Waals surface area (Å²) >= 11 is 0. The Morgan fingerprint density at radius 3 is 2.16 bits per heavy atom. The van der Waals surface area contributed by atoms with Crippen LogP contribution in [0.15, 0.2) is 0 Å². The first kappa shape index (κ1) is 18.0. The first-order valence-electron chi connectivity index (χ1n) is 6.74. The van der Waals surface area contributed by atoms with Gasteiger partial charge in [-0.2, -0.15) is 0 Å². The summed E-state index contributed by atoms with van der Waals surface area (Å²) < 4.78 is 15.7. The van der Waals surface area contributed by atoms with Crippen LogP contribution < -0.4 is 5.32 Å². The molecule has 0 rings (SSSR count). The molecule has 0 heterocycles. The van der Waals surface area contributed by atoms with E-state index in [4.69, 9.17) is 14.2 Å². The van der Waals surface area contributed by atoms with E-state index in [9.17, 15) is 9.59 Å². The van der Waals surface area contributed by atoms with Crippen LogP contribution in [0.4, 0.5) is 0 Å². The van der Waals surface area contributed by atoms with Crippen LogP contribution >= 0.6 is 0 Å². The number of amides is 1. The van der Waals surface area contributed by atoms with E-state index in [1.807, 2.05) is 6.92 Å². The van der Waals surface area contributed by atoms with Crippen molar-refractivity contribution in [1.82, 2.24) is 5.32 Å². The van der Waals surface area contributed by atoms with E-state index in [0.29, 0.717) is 59.0 Å². The SMILES string of the molecule is CCCC(=O)NCCOCCOCCOCCC=O. The van der Waals surface area contributed by atoms with Crippen molar-refractivity contribution in [3.05, 3.63) is 0 Å². The molecule has 0 aliphatic rings.